The first kappa shape index (κ1) is 24.1. The Balaban J connectivity index is 1.45. The van der Waals surface area contributed by atoms with Crippen molar-refractivity contribution >= 4 is 22.7 Å². The quantitative estimate of drug-likeness (QED) is 0.184. The summed E-state index contributed by atoms with van der Waals surface area (Å²) in [4.78, 5) is 30.6. The van der Waals surface area contributed by atoms with Crippen LogP contribution >= 0.6 is 0 Å². The first-order valence-corrected chi connectivity index (χ1v) is 12.2. The van der Waals surface area contributed by atoms with Crippen LogP contribution in [0.5, 0.6) is 0 Å². The van der Waals surface area contributed by atoms with Gasteiger partial charge in [-0.25, -0.2) is 9.78 Å². The normalized spacial score (nSPS) is 10.9. The lowest BCUT2D eigenvalue weighted by Gasteiger charge is -2.11. The highest BCUT2D eigenvalue weighted by Gasteiger charge is 2.18. The van der Waals surface area contributed by atoms with Gasteiger partial charge in [0.05, 0.1) is 16.8 Å². The average Bonchev–Trinajstić information content (AvgIpc) is 2.92. The number of hydrogen-bond acceptors (Lipinski definition) is 4. The van der Waals surface area contributed by atoms with Crippen molar-refractivity contribution in [3.63, 3.8) is 0 Å². The third-order valence-corrected chi connectivity index (χ3v) is 6.46. The van der Waals surface area contributed by atoms with E-state index in [1.165, 1.54) is 5.56 Å². The molecule has 5 rings (SSSR count). The Morgan fingerprint density at radius 2 is 1.19 bits per heavy atom. The number of Topliss-reactive ketones (excluding diaryl/α,β-unsaturated/α-hetero) is 1. The molecule has 182 valence electrons. The number of nitrogens with zero attached hydrogens (tertiary/aromatic N) is 1. The van der Waals surface area contributed by atoms with Crippen LogP contribution in [-0.4, -0.2) is 23.3 Å². The third kappa shape index (κ3) is 5.34. The number of rotatable bonds is 6. The first-order valence-electron chi connectivity index (χ1n) is 12.2. The first-order chi connectivity index (χ1) is 17.9. The Morgan fingerprint density at radius 1 is 0.649 bits per heavy atom. The molecule has 0 radical (unpaired) electrons. The molecule has 5 aromatic rings. The van der Waals surface area contributed by atoms with Gasteiger partial charge in [0.1, 0.15) is 0 Å². The zero-order chi connectivity index (χ0) is 25.9. The van der Waals surface area contributed by atoms with E-state index in [-0.39, 0.29) is 12.4 Å². The second-order valence-corrected chi connectivity index (χ2v) is 9.38. The fourth-order valence-corrected chi connectivity index (χ4v) is 4.27. The van der Waals surface area contributed by atoms with Crippen molar-refractivity contribution in [2.75, 3.05) is 6.61 Å². The molecule has 0 amide bonds. The fraction of sp³-hybridized carbons (Fsp3) is 0.121. The summed E-state index contributed by atoms with van der Waals surface area (Å²) in [7, 11) is 0. The number of ether oxygens (including phenoxy) is 1. The highest BCUT2D eigenvalue weighted by atomic mass is 16.5. The van der Waals surface area contributed by atoms with Gasteiger partial charge in [0.15, 0.2) is 12.4 Å². The predicted octanol–water partition coefficient (Wildman–Crippen LogP) is 7.53. The van der Waals surface area contributed by atoms with Crippen molar-refractivity contribution in [2.45, 2.75) is 20.8 Å². The number of carbonyl (C=O) groups excluding carboxylic acids is 2. The SMILES string of the molecule is Cc1ccc(C(=O)COC(=O)c2cc(-c3ccc(-c4ccc(C)cc4)cc3)nc3ccc(C)cc23)cc1. The second kappa shape index (κ2) is 10.2. The van der Waals surface area contributed by atoms with Gasteiger partial charge >= 0.3 is 5.97 Å². The number of hydrogen-bond donors (Lipinski definition) is 0. The van der Waals surface area contributed by atoms with Gasteiger partial charge in [-0.1, -0.05) is 95.6 Å². The number of carbonyl (C=O) groups is 2. The summed E-state index contributed by atoms with van der Waals surface area (Å²) in [6.45, 7) is 5.67. The van der Waals surface area contributed by atoms with E-state index in [4.69, 9.17) is 9.72 Å². The Labute approximate surface area is 216 Å². The molecule has 0 N–H and O–H groups in total. The minimum absolute atomic E-state index is 0.241. The smallest absolute Gasteiger partial charge is 0.339 e. The molecule has 0 saturated carbocycles. The average molecular weight is 486 g/mol. The van der Waals surface area contributed by atoms with E-state index in [2.05, 4.69) is 43.3 Å². The molecule has 0 spiro atoms. The maximum Gasteiger partial charge on any atom is 0.339 e. The minimum Gasteiger partial charge on any atom is -0.454 e. The highest BCUT2D eigenvalue weighted by molar-refractivity contribution is 6.06. The molecule has 1 heterocycles. The van der Waals surface area contributed by atoms with Gasteiger partial charge in [-0.2, -0.15) is 0 Å². The van der Waals surface area contributed by atoms with Crippen LogP contribution in [0.1, 0.15) is 37.4 Å². The van der Waals surface area contributed by atoms with Gasteiger partial charge in [0.25, 0.3) is 0 Å². The maximum absolute atomic E-state index is 13.2. The number of benzene rings is 4. The molecular weight excluding hydrogens is 458 g/mol. The van der Waals surface area contributed by atoms with Crippen LogP contribution in [0.4, 0.5) is 0 Å². The van der Waals surface area contributed by atoms with Crippen LogP contribution < -0.4 is 0 Å². The lowest BCUT2D eigenvalue weighted by molar-refractivity contribution is 0.0476. The molecule has 0 aliphatic heterocycles. The summed E-state index contributed by atoms with van der Waals surface area (Å²) in [5, 5.41) is 0.702. The van der Waals surface area contributed by atoms with Crippen LogP contribution in [0.3, 0.4) is 0 Å². The molecule has 4 nitrogen and oxygen atoms in total. The molecule has 4 aromatic carbocycles. The lowest BCUT2D eigenvalue weighted by atomic mass is 9.99. The molecule has 0 aliphatic rings. The topological polar surface area (TPSA) is 56.3 Å². The summed E-state index contributed by atoms with van der Waals surface area (Å²) in [5.74, 6) is -0.786. The molecular formula is C33H27NO3. The molecule has 1 aromatic heterocycles. The molecule has 37 heavy (non-hydrogen) atoms. The number of esters is 1. The zero-order valence-corrected chi connectivity index (χ0v) is 21.1. The summed E-state index contributed by atoms with van der Waals surface area (Å²) in [5.41, 5.74) is 8.70. The van der Waals surface area contributed by atoms with E-state index in [1.807, 2.05) is 56.3 Å². The van der Waals surface area contributed by atoms with Gasteiger partial charge in [-0.05, 0) is 50.1 Å². The number of pyridine rings is 1. The number of aromatic nitrogens is 1. The van der Waals surface area contributed by atoms with Gasteiger partial charge in [-0.15, -0.1) is 0 Å². The van der Waals surface area contributed by atoms with E-state index >= 15 is 0 Å². The standard InChI is InChI=1S/C33H27NO3/c1-21-4-9-24(10-5-21)25-13-15-26(16-14-25)31-19-29(28-18-23(3)8-17-30(28)34-31)33(36)37-20-32(35)27-11-6-22(2)7-12-27/h4-19H,20H2,1-3H3. The fourth-order valence-electron chi connectivity index (χ4n) is 4.27. The van der Waals surface area contributed by atoms with Crippen molar-refractivity contribution in [1.29, 1.82) is 0 Å². The van der Waals surface area contributed by atoms with Gasteiger partial charge in [-0.3, -0.25) is 4.79 Å². The molecule has 0 bridgehead atoms. The summed E-state index contributed by atoms with van der Waals surface area (Å²) >= 11 is 0. The van der Waals surface area contributed by atoms with Crippen molar-refractivity contribution < 1.29 is 14.3 Å². The Hall–Kier alpha value is -4.57. The zero-order valence-electron chi connectivity index (χ0n) is 21.1. The van der Waals surface area contributed by atoms with E-state index in [0.717, 1.165) is 27.8 Å². The van der Waals surface area contributed by atoms with E-state index < -0.39 is 5.97 Å². The molecule has 0 aliphatic carbocycles. The van der Waals surface area contributed by atoms with E-state index in [1.54, 1.807) is 18.2 Å². The van der Waals surface area contributed by atoms with Crippen LogP contribution in [0.2, 0.25) is 0 Å². The molecule has 4 heteroatoms. The Morgan fingerprint density at radius 3 is 1.84 bits per heavy atom. The van der Waals surface area contributed by atoms with Crippen molar-refractivity contribution in [3.8, 4) is 22.4 Å². The van der Waals surface area contributed by atoms with Crippen molar-refractivity contribution in [1.82, 2.24) is 4.98 Å². The molecule has 0 fully saturated rings. The monoisotopic (exact) mass is 485 g/mol. The number of fused-ring (bicyclic) bond motifs is 1. The number of aryl methyl sites for hydroxylation is 3. The minimum atomic E-state index is -0.545. The highest BCUT2D eigenvalue weighted by Crippen LogP contribution is 2.28. The van der Waals surface area contributed by atoms with Crippen LogP contribution in [0.25, 0.3) is 33.3 Å². The van der Waals surface area contributed by atoms with Crippen LogP contribution in [0, 0.1) is 20.8 Å². The van der Waals surface area contributed by atoms with E-state index in [0.29, 0.717) is 27.7 Å². The molecule has 0 unspecified atom stereocenters. The lowest BCUT2D eigenvalue weighted by Crippen LogP contribution is -2.15. The summed E-state index contributed by atoms with van der Waals surface area (Å²) < 4.78 is 5.48. The van der Waals surface area contributed by atoms with Gasteiger partial charge in [0, 0.05) is 16.5 Å². The Bertz CT molecular complexity index is 1600. The largest absolute Gasteiger partial charge is 0.454 e. The van der Waals surface area contributed by atoms with Crippen molar-refractivity contribution in [2.24, 2.45) is 0 Å². The second-order valence-electron chi connectivity index (χ2n) is 9.38. The van der Waals surface area contributed by atoms with Crippen LogP contribution in [-0.2, 0) is 4.74 Å². The van der Waals surface area contributed by atoms with Gasteiger partial charge < -0.3 is 4.74 Å². The van der Waals surface area contributed by atoms with E-state index in [9.17, 15) is 9.59 Å². The molecule has 0 atom stereocenters. The predicted molar refractivity (Wildman–Crippen MR) is 148 cm³/mol. The summed E-state index contributed by atoms with van der Waals surface area (Å²) in [6, 6.07) is 31.3. The third-order valence-electron chi connectivity index (χ3n) is 6.46. The Kier molecular flexibility index (Phi) is 6.65. The number of ketones is 1. The van der Waals surface area contributed by atoms with Crippen LogP contribution in [0.15, 0.2) is 97.1 Å². The summed E-state index contributed by atoms with van der Waals surface area (Å²) in [6.07, 6.45) is 0. The molecule has 0 saturated heterocycles. The van der Waals surface area contributed by atoms with Crippen molar-refractivity contribution in [3.05, 3.63) is 125 Å². The van der Waals surface area contributed by atoms with Gasteiger partial charge in [0.2, 0.25) is 0 Å². The maximum atomic E-state index is 13.2.